The predicted octanol–water partition coefficient (Wildman–Crippen LogP) is 1.59. The summed E-state index contributed by atoms with van der Waals surface area (Å²) in [7, 11) is 0. The second-order valence-corrected chi connectivity index (χ2v) is 5.78. The number of hydrogen-bond donors (Lipinski definition) is 2. The molecule has 3 aromatic rings. The fourth-order valence-corrected chi connectivity index (χ4v) is 3.20. The highest BCUT2D eigenvalue weighted by atomic mass is 16.3. The van der Waals surface area contributed by atoms with Crippen LogP contribution in [0.1, 0.15) is 21.5 Å². The molecule has 2 N–H and O–H groups in total. The monoisotopic (exact) mass is 321 g/mol. The third-order valence-corrected chi connectivity index (χ3v) is 4.37. The fraction of sp³-hybridized carbons (Fsp3) is 0.167. The van der Waals surface area contributed by atoms with Crippen molar-refractivity contribution in [1.82, 2.24) is 14.9 Å². The first-order chi connectivity index (χ1) is 11.7. The van der Waals surface area contributed by atoms with Crippen LogP contribution in [0.3, 0.4) is 0 Å². The van der Waals surface area contributed by atoms with E-state index in [-0.39, 0.29) is 18.0 Å². The van der Waals surface area contributed by atoms with Crippen LogP contribution in [-0.4, -0.2) is 20.6 Å². The SMILES string of the molecule is O=C(NCc1ccncc1)c1c(O)n2c3c(cccc3c1=O)CC2. The fourth-order valence-electron chi connectivity index (χ4n) is 3.20. The minimum absolute atomic E-state index is 0.199. The molecule has 0 spiro atoms. The molecule has 6 nitrogen and oxygen atoms in total. The van der Waals surface area contributed by atoms with Gasteiger partial charge in [0.05, 0.1) is 5.52 Å². The standard InChI is InChI=1S/C18H15N3O3/c22-16-13-3-1-2-12-6-9-21(15(12)13)18(24)14(16)17(23)20-10-11-4-7-19-8-5-11/h1-5,7-8,24H,6,9-10H2,(H,20,23). The van der Waals surface area contributed by atoms with E-state index in [9.17, 15) is 14.7 Å². The minimum atomic E-state index is -0.572. The van der Waals surface area contributed by atoms with Crippen molar-refractivity contribution < 1.29 is 9.90 Å². The van der Waals surface area contributed by atoms with Gasteiger partial charge in [0, 0.05) is 30.9 Å². The molecule has 0 aliphatic carbocycles. The average Bonchev–Trinajstić information content (AvgIpc) is 3.04. The van der Waals surface area contributed by atoms with Crippen LogP contribution in [0.4, 0.5) is 0 Å². The molecule has 24 heavy (non-hydrogen) atoms. The lowest BCUT2D eigenvalue weighted by Gasteiger charge is -2.12. The lowest BCUT2D eigenvalue weighted by Crippen LogP contribution is -2.29. The third-order valence-electron chi connectivity index (χ3n) is 4.37. The Hall–Kier alpha value is -3.15. The summed E-state index contributed by atoms with van der Waals surface area (Å²) in [6, 6.07) is 9.00. The Labute approximate surface area is 137 Å². The number of aromatic nitrogens is 2. The number of para-hydroxylation sites is 1. The molecule has 6 heteroatoms. The highest BCUT2D eigenvalue weighted by molar-refractivity contribution is 6.00. The van der Waals surface area contributed by atoms with E-state index in [0.717, 1.165) is 23.1 Å². The van der Waals surface area contributed by atoms with Gasteiger partial charge in [0.2, 0.25) is 11.3 Å². The van der Waals surface area contributed by atoms with Crippen molar-refractivity contribution in [2.24, 2.45) is 0 Å². The summed E-state index contributed by atoms with van der Waals surface area (Å²) in [5.74, 6) is -0.832. The predicted molar refractivity (Wildman–Crippen MR) is 89.0 cm³/mol. The molecule has 4 rings (SSSR count). The van der Waals surface area contributed by atoms with Gasteiger partial charge in [0.1, 0.15) is 5.56 Å². The molecule has 0 saturated carbocycles. The largest absolute Gasteiger partial charge is 0.494 e. The van der Waals surface area contributed by atoms with Crippen molar-refractivity contribution in [1.29, 1.82) is 0 Å². The van der Waals surface area contributed by atoms with Crippen LogP contribution in [0.5, 0.6) is 5.88 Å². The van der Waals surface area contributed by atoms with Gasteiger partial charge in [0.15, 0.2) is 0 Å². The number of aryl methyl sites for hydroxylation is 2. The quantitative estimate of drug-likeness (QED) is 0.767. The van der Waals surface area contributed by atoms with E-state index in [4.69, 9.17) is 0 Å². The smallest absolute Gasteiger partial charge is 0.261 e. The zero-order valence-electron chi connectivity index (χ0n) is 12.8. The van der Waals surface area contributed by atoms with Gasteiger partial charge >= 0.3 is 0 Å². The maximum atomic E-state index is 12.7. The zero-order valence-corrected chi connectivity index (χ0v) is 12.8. The molecule has 0 radical (unpaired) electrons. The van der Waals surface area contributed by atoms with Crippen LogP contribution in [0, 0.1) is 0 Å². The Bertz CT molecular complexity index is 1010. The van der Waals surface area contributed by atoms with Gasteiger partial charge < -0.3 is 15.0 Å². The summed E-state index contributed by atoms with van der Waals surface area (Å²) in [5.41, 5.74) is 1.98. The van der Waals surface area contributed by atoms with E-state index in [1.807, 2.05) is 12.1 Å². The zero-order chi connectivity index (χ0) is 16.7. The lowest BCUT2D eigenvalue weighted by molar-refractivity contribution is 0.0946. The van der Waals surface area contributed by atoms with Crippen molar-refractivity contribution in [2.45, 2.75) is 19.5 Å². The molecule has 120 valence electrons. The number of carbonyl (C=O) groups excluding carboxylic acids is 1. The third kappa shape index (κ3) is 2.15. The summed E-state index contributed by atoms with van der Waals surface area (Å²) in [6.45, 7) is 0.824. The first-order valence-corrected chi connectivity index (χ1v) is 7.71. The number of benzene rings is 1. The van der Waals surface area contributed by atoms with E-state index < -0.39 is 11.3 Å². The van der Waals surface area contributed by atoms with Gasteiger partial charge in [0.25, 0.3) is 5.91 Å². The molecule has 1 aliphatic heterocycles. The van der Waals surface area contributed by atoms with E-state index >= 15 is 0 Å². The Kier molecular flexibility index (Phi) is 3.30. The van der Waals surface area contributed by atoms with Gasteiger partial charge in [-0.2, -0.15) is 0 Å². The van der Waals surface area contributed by atoms with Crippen LogP contribution in [0.25, 0.3) is 10.9 Å². The highest BCUT2D eigenvalue weighted by Gasteiger charge is 2.25. The summed E-state index contributed by atoms with van der Waals surface area (Å²) in [6.07, 6.45) is 4.00. The molecule has 1 aliphatic rings. The van der Waals surface area contributed by atoms with Crippen LogP contribution in [-0.2, 0) is 19.5 Å². The second kappa shape index (κ2) is 5.49. The van der Waals surface area contributed by atoms with Crippen molar-refractivity contribution in [3.05, 3.63) is 69.6 Å². The number of carbonyl (C=O) groups is 1. The van der Waals surface area contributed by atoms with Crippen molar-refractivity contribution in [3.63, 3.8) is 0 Å². The Morgan fingerprint density at radius 3 is 2.83 bits per heavy atom. The molecular weight excluding hydrogens is 306 g/mol. The Morgan fingerprint density at radius 2 is 2.04 bits per heavy atom. The van der Waals surface area contributed by atoms with Gasteiger partial charge in [-0.1, -0.05) is 12.1 Å². The maximum absolute atomic E-state index is 12.7. The van der Waals surface area contributed by atoms with E-state index in [1.165, 1.54) is 0 Å². The van der Waals surface area contributed by atoms with Crippen molar-refractivity contribution in [2.75, 3.05) is 0 Å². The molecule has 3 heterocycles. The topological polar surface area (TPSA) is 84.2 Å². The molecule has 0 atom stereocenters. The Morgan fingerprint density at radius 1 is 1.25 bits per heavy atom. The van der Waals surface area contributed by atoms with Crippen molar-refractivity contribution >= 4 is 16.8 Å². The van der Waals surface area contributed by atoms with Gasteiger partial charge in [-0.15, -0.1) is 0 Å². The number of nitrogens with zero attached hydrogens (tertiary/aromatic N) is 2. The molecule has 0 saturated heterocycles. The molecular formula is C18H15N3O3. The van der Waals surface area contributed by atoms with Gasteiger partial charge in [-0.25, -0.2) is 0 Å². The van der Waals surface area contributed by atoms with E-state index in [0.29, 0.717) is 11.9 Å². The molecule has 0 unspecified atom stereocenters. The van der Waals surface area contributed by atoms with Crippen LogP contribution in [0.2, 0.25) is 0 Å². The number of nitrogens with one attached hydrogen (secondary N) is 1. The normalized spacial score (nSPS) is 12.5. The first-order valence-electron chi connectivity index (χ1n) is 7.71. The number of rotatable bonds is 3. The number of aromatic hydroxyl groups is 1. The number of pyridine rings is 2. The van der Waals surface area contributed by atoms with Crippen LogP contribution in [0.15, 0.2) is 47.5 Å². The average molecular weight is 321 g/mol. The summed E-state index contributed by atoms with van der Waals surface area (Å²) < 4.78 is 1.65. The van der Waals surface area contributed by atoms with Crippen molar-refractivity contribution in [3.8, 4) is 5.88 Å². The first kappa shape index (κ1) is 14.4. The summed E-state index contributed by atoms with van der Waals surface area (Å²) >= 11 is 0. The second-order valence-electron chi connectivity index (χ2n) is 5.78. The maximum Gasteiger partial charge on any atom is 0.261 e. The summed E-state index contributed by atoms with van der Waals surface area (Å²) in [5, 5.41) is 13.6. The number of hydrogen-bond acceptors (Lipinski definition) is 4. The minimum Gasteiger partial charge on any atom is -0.494 e. The molecule has 2 aromatic heterocycles. The highest BCUT2D eigenvalue weighted by Crippen LogP contribution is 2.29. The van der Waals surface area contributed by atoms with Crippen LogP contribution >= 0.6 is 0 Å². The van der Waals surface area contributed by atoms with Crippen LogP contribution < -0.4 is 10.7 Å². The van der Waals surface area contributed by atoms with Gasteiger partial charge in [-0.05, 0) is 35.7 Å². The lowest BCUT2D eigenvalue weighted by atomic mass is 10.1. The number of amides is 1. The molecule has 0 fully saturated rings. The van der Waals surface area contributed by atoms with Gasteiger partial charge in [-0.3, -0.25) is 14.6 Å². The molecule has 0 bridgehead atoms. The molecule has 1 amide bonds. The van der Waals surface area contributed by atoms with E-state index in [2.05, 4.69) is 10.3 Å². The Balaban J connectivity index is 1.75. The van der Waals surface area contributed by atoms with E-state index in [1.54, 1.807) is 35.2 Å². The summed E-state index contributed by atoms with van der Waals surface area (Å²) in [4.78, 5) is 29.1. The molecule has 1 aromatic carbocycles.